The van der Waals surface area contributed by atoms with Crippen molar-refractivity contribution in [2.24, 2.45) is 0 Å². The molecule has 8 nitrogen and oxygen atoms in total. The zero-order valence-electron chi connectivity index (χ0n) is 15.2. The van der Waals surface area contributed by atoms with E-state index in [9.17, 15) is 4.79 Å². The fourth-order valence-corrected chi connectivity index (χ4v) is 3.54. The quantitative estimate of drug-likeness (QED) is 0.741. The molecular formula is C19H22N6O2. The number of nitrogens with zero attached hydrogens (tertiary/aromatic N) is 5. The zero-order chi connectivity index (χ0) is 18.6. The van der Waals surface area contributed by atoms with Crippen LogP contribution in [-0.2, 0) is 6.54 Å². The van der Waals surface area contributed by atoms with Crippen LogP contribution in [0.4, 0.5) is 5.82 Å². The van der Waals surface area contributed by atoms with Crippen LogP contribution in [-0.4, -0.2) is 44.9 Å². The fourth-order valence-electron chi connectivity index (χ4n) is 3.54. The molecule has 0 bridgehead atoms. The molecule has 0 spiro atoms. The van der Waals surface area contributed by atoms with Crippen molar-refractivity contribution in [2.75, 3.05) is 25.1 Å². The van der Waals surface area contributed by atoms with E-state index in [1.165, 1.54) is 6.33 Å². The van der Waals surface area contributed by atoms with E-state index in [-0.39, 0.29) is 11.6 Å². The number of rotatable bonds is 5. The Morgan fingerprint density at radius 3 is 2.70 bits per heavy atom. The third-order valence-electron chi connectivity index (χ3n) is 4.99. The predicted octanol–water partition coefficient (Wildman–Crippen LogP) is 1.80. The first-order valence-corrected chi connectivity index (χ1v) is 9.04. The molecule has 4 rings (SSSR count). The summed E-state index contributed by atoms with van der Waals surface area (Å²) in [4.78, 5) is 22.9. The Morgan fingerprint density at radius 1 is 1.19 bits per heavy atom. The Balaban J connectivity index is 1.48. The Bertz CT molecular complexity index is 944. The molecule has 1 saturated heterocycles. The minimum Gasteiger partial charge on any atom is -0.481 e. The minimum atomic E-state index is -0.156. The second-order valence-corrected chi connectivity index (χ2v) is 6.64. The highest BCUT2D eigenvalue weighted by Gasteiger charge is 2.26. The number of methoxy groups -OCH3 is 1. The van der Waals surface area contributed by atoms with Gasteiger partial charge in [0.1, 0.15) is 18.0 Å². The zero-order valence-corrected chi connectivity index (χ0v) is 15.2. The first kappa shape index (κ1) is 17.3. The van der Waals surface area contributed by atoms with Crippen molar-refractivity contribution in [3.05, 3.63) is 64.6 Å². The van der Waals surface area contributed by atoms with Crippen LogP contribution >= 0.6 is 0 Å². The Hall–Kier alpha value is -3.16. The highest BCUT2D eigenvalue weighted by atomic mass is 16.5. The van der Waals surface area contributed by atoms with Gasteiger partial charge in [0.2, 0.25) is 5.88 Å². The molecule has 27 heavy (non-hydrogen) atoms. The number of nitrogens with one attached hydrogen (secondary N) is 1. The van der Waals surface area contributed by atoms with Crippen molar-refractivity contribution in [3.8, 4) is 5.88 Å². The Labute approximate surface area is 156 Å². The van der Waals surface area contributed by atoms with Gasteiger partial charge in [-0.2, -0.15) is 5.10 Å². The third-order valence-corrected chi connectivity index (χ3v) is 4.99. The van der Waals surface area contributed by atoms with Crippen molar-refractivity contribution in [2.45, 2.75) is 25.3 Å². The SMILES string of the molecule is COc1cc(N2CCC(c3n[nH]c(=O)n3Cc3ccccc3)CC2)ncn1. The first-order valence-electron chi connectivity index (χ1n) is 9.04. The van der Waals surface area contributed by atoms with Crippen molar-refractivity contribution in [1.82, 2.24) is 24.7 Å². The molecule has 3 aromatic rings. The summed E-state index contributed by atoms with van der Waals surface area (Å²) in [5.74, 6) is 2.51. The number of hydrogen-bond donors (Lipinski definition) is 1. The number of benzene rings is 1. The summed E-state index contributed by atoms with van der Waals surface area (Å²) in [7, 11) is 1.60. The molecule has 0 atom stereocenters. The maximum absolute atomic E-state index is 12.2. The smallest absolute Gasteiger partial charge is 0.343 e. The Kier molecular flexibility index (Phi) is 4.86. The van der Waals surface area contributed by atoms with Crippen LogP contribution in [0.5, 0.6) is 5.88 Å². The number of piperidine rings is 1. The largest absolute Gasteiger partial charge is 0.481 e. The molecular weight excluding hydrogens is 344 g/mol. The van der Waals surface area contributed by atoms with Crippen LogP contribution in [0.15, 0.2) is 47.5 Å². The summed E-state index contributed by atoms with van der Waals surface area (Å²) >= 11 is 0. The first-order chi connectivity index (χ1) is 13.2. The van der Waals surface area contributed by atoms with Gasteiger partial charge >= 0.3 is 5.69 Å². The molecule has 0 radical (unpaired) electrons. The van der Waals surface area contributed by atoms with E-state index in [4.69, 9.17) is 4.74 Å². The van der Waals surface area contributed by atoms with Gasteiger partial charge in [0, 0.05) is 25.1 Å². The van der Waals surface area contributed by atoms with Crippen molar-refractivity contribution < 1.29 is 4.74 Å². The lowest BCUT2D eigenvalue weighted by molar-refractivity contribution is 0.396. The van der Waals surface area contributed by atoms with E-state index in [2.05, 4.69) is 25.1 Å². The van der Waals surface area contributed by atoms with Crippen LogP contribution in [0, 0.1) is 0 Å². The second kappa shape index (κ2) is 7.61. The molecule has 8 heteroatoms. The molecule has 1 aliphatic heterocycles. The van der Waals surface area contributed by atoms with Crippen LogP contribution in [0.2, 0.25) is 0 Å². The van der Waals surface area contributed by atoms with Gasteiger partial charge in [-0.3, -0.25) is 4.57 Å². The van der Waals surface area contributed by atoms with E-state index < -0.39 is 0 Å². The maximum atomic E-state index is 12.2. The molecule has 3 heterocycles. The molecule has 1 N–H and O–H groups in total. The van der Waals surface area contributed by atoms with Gasteiger partial charge in [0.25, 0.3) is 0 Å². The van der Waals surface area contributed by atoms with E-state index in [0.29, 0.717) is 12.4 Å². The van der Waals surface area contributed by atoms with Crippen molar-refractivity contribution in [1.29, 1.82) is 0 Å². The average Bonchev–Trinajstić information content (AvgIpc) is 3.09. The summed E-state index contributed by atoms with van der Waals surface area (Å²) in [6.07, 6.45) is 3.34. The third kappa shape index (κ3) is 3.69. The molecule has 0 amide bonds. The number of aromatic nitrogens is 5. The molecule has 0 unspecified atom stereocenters. The summed E-state index contributed by atoms with van der Waals surface area (Å²) < 4.78 is 6.93. The van der Waals surface area contributed by atoms with Gasteiger partial charge in [-0.1, -0.05) is 30.3 Å². The van der Waals surface area contributed by atoms with E-state index in [1.807, 2.05) is 36.4 Å². The van der Waals surface area contributed by atoms with Gasteiger partial charge in [-0.05, 0) is 18.4 Å². The predicted molar refractivity (Wildman–Crippen MR) is 101 cm³/mol. The van der Waals surface area contributed by atoms with Gasteiger partial charge in [0.15, 0.2) is 0 Å². The molecule has 1 aliphatic rings. The molecule has 140 valence electrons. The summed E-state index contributed by atoms with van der Waals surface area (Å²) in [6, 6.07) is 11.8. The highest BCUT2D eigenvalue weighted by Crippen LogP contribution is 2.29. The van der Waals surface area contributed by atoms with Gasteiger partial charge < -0.3 is 9.64 Å². The van der Waals surface area contributed by atoms with E-state index >= 15 is 0 Å². The minimum absolute atomic E-state index is 0.156. The van der Waals surface area contributed by atoms with Crippen LogP contribution in [0.25, 0.3) is 0 Å². The van der Waals surface area contributed by atoms with E-state index in [0.717, 1.165) is 43.1 Å². The fraction of sp³-hybridized carbons (Fsp3) is 0.368. The standard InChI is InChI=1S/C19H22N6O2/c1-27-17-11-16(20-13-21-17)24-9-7-15(8-10-24)18-22-23-19(26)25(18)12-14-5-3-2-4-6-14/h2-6,11,13,15H,7-10,12H2,1H3,(H,23,26). The molecule has 0 saturated carbocycles. The molecule has 2 aromatic heterocycles. The van der Waals surface area contributed by atoms with Gasteiger partial charge in [-0.25, -0.2) is 19.9 Å². The number of hydrogen-bond acceptors (Lipinski definition) is 6. The number of H-pyrrole nitrogens is 1. The lowest BCUT2D eigenvalue weighted by Crippen LogP contribution is -2.34. The summed E-state index contributed by atoms with van der Waals surface area (Å²) in [5.41, 5.74) is 0.935. The summed E-state index contributed by atoms with van der Waals surface area (Å²) in [5, 5.41) is 6.94. The number of aromatic amines is 1. The van der Waals surface area contributed by atoms with Gasteiger partial charge in [-0.15, -0.1) is 0 Å². The summed E-state index contributed by atoms with van der Waals surface area (Å²) in [6.45, 7) is 2.23. The molecule has 1 fully saturated rings. The second-order valence-electron chi connectivity index (χ2n) is 6.64. The average molecular weight is 366 g/mol. The maximum Gasteiger partial charge on any atom is 0.343 e. The monoisotopic (exact) mass is 366 g/mol. The van der Waals surface area contributed by atoms with Crippen LogP contribution in [0.1, 0.15) is 30.1 Å². The lowest BCUT2D eigenvalue weighted by atomic mass is 9.96. The highest BCUT2D eigenvalue weighted by molar-refractivity contribution is 5.41. The van der Waals surface area contributed by atoms with Crippen LogP contribution < -0.4 is 15.3 Å². The van der Waals surface area contributed by atoms with Crippen LogP contribution in [0.3, 0.4) is 0 Å². The number of ether oxygens (including phenoxy) is 1. The molecule has 1 aromatic carbocycles. The molecule has 0 aliphatic carbocycles. The topological polar surface area (TPSA) is 88.9 Å². The Morgan fingerprint density at radius 2 is 1.96 bits per heavy atom. The lowest BCUT2D eigenvalue weighted by Gasteiger charge is -2.32. The normalized spacial score (nSPS) is 15.1. The van der Waals surface area contributed by atoms with Gasteiger partial charge in [0.05, 0.1) is 13.7 Å². The van der Waals surface area contributed by atoms with Crippen molar-refractivity contribution >= 4 is 5.82 Å². The van der Waals surface area contributed by atoms with Crippen molar-refractivity contribution in [3.63, 3.8) is 0 Å². The number of anilines is 1. The van der Waals surface area contributed by atoms with E-state index in [1.54, 1.807) is 11.7 Å².